The highest BCUT2D eigenvalue weighted by Crippen LogP contribution is 2.29. The van der Waals surface area contributed by atoms with Crippen molar-refractivity contribution in [1.29, 1.82) is 0 Å². The summed E-state index contributed by atoms with van der Waals surface area (Å²) in [6.45, 7) is 0. The lowest BCUT2D eigenvalue weighted by Crippen LogP contribution is -2.16. The predicted molar refractivity (Wildman–Crippen MR) is 35.2 cm³/mol. The molecule has 10 heavy (non-hydrogen) atoms. The molecule has 0 amide bonds. The Bertz CT molecular complexity index is 224. The second-order valence-corrected chi connectivity index (χ2v) is 2.09. The van der Waals surface area contributed by atoms with Gasteiger partial charge in [0.05, 0.1) is 5.69 Å². The summed E-state index contributed by atoms with van der Waals surface area (Å²) in [6.07, 6.45) is -1.13. The van der Waals surface area contributed by atoms with Crippen molar-refractivity contribution >= 4 is 5.69 Å². The summed E-state index contributed by atoms with van der Waals surface area (Å²) in [5.74, 6) is 0.641. The number of anilines is 1. The fraction of sp³-hybridized carbons (Fsp3) is 0.143. The van der Waals surface area contributed by atoms with Gasteiger partial charge in [-0.05, 0) is 12.1 Å². The Morgan fingerprint density at radius 1 is 1.40 bits per heavy atom. The van der Waals surface area contributed by atoms with Gasteiger partial charge in [-0.1, -0.05) is 12.1 Å². The fourth-order valence-corrected chi connectivity index (χ4v) is 0.960. The third kappa shape index (κ3) is 0.717. The first kappa shape index (κ1) is 5.56. The minimum atomic E-state index is -1.13. The Morgan fingerprint density at radius 3 is 3.00 bits per heavy atom. The van der Waals surface area contributed by atoms with Gasteiger partial charge >= 0.3 is 6.41 Å². The molecule has 1 atom stereocenters. The van der Waals surface area contributed by atoms with Gasteiger partial charge in [-0.3, -0.25) is 0 Å². The molecule has 1 aromatic carbocycles. The van der Waals surface area contributed by atoms with Gasteiger partial charge in [-0.15, -0.1) is 0 Å². The number of nitrogens with one attached hydrogen (secondary N) is 1. The van der Waals surface area contributed by atoms with E-state index >= 15 is 0 Å². The van der Waals surface area contributed by atoms with E-state index in [9.17, 15) is 5.11 Å². The van der Waals surface area contributed by atoms with E-state index in [0.717, 1.165) is 5.69 Å². The zero-order valence-corrected chi connectivity index (χ0v) is 5.20. The molecular formula is C7H6NO2. The summed E-state index contributed by atoms with van der Waals surface area (Å²) in [5.41, 5.74) is 0.780. The van der Waals surface area contributed by atoms with E-state index in [-0.39, 0.29) is 0 Å². The molecule has 2 rings (SSSR count). The van der Waals surface area contributed by atoms with Crippen molar-refractivity contribution < 1.29 is 9.84 Å². The van der Waals surface area contributed by atoms with E-state index in [1.165, 1.54) is 0 Å². The van der Waals surface area contributed by atoms with Gasteiger partial charge in [-0.25, -0.2) is 0 Å². The first-order valence-corrected chi connectivity index (χ1v) is 3.04. The van der Waals surface area contributed by atoms with Gasteiger partial charge in [-0.2, -0.15) is 5.11 Å². The third-order valence-corrected chi connectivity index (χ3v) is 1.39. The summed E-state index contributed by atoms with van der Waals surface area (Å²) < 4.78 is 4.84. The van der Waals surface area contributed by atoms with E-state index < -0.39 is 6.41 Å². The normalized spacial score (nSPS) is 21.1. The summed E-state index contributed by atoms with van der Waals surface area (Å²) in [7, 11) is 0. The molecule has 1 aliphatic heterocycles. The molecule has 0 saturated heterocycles. The SMILES string of the molecule is [O]C1Nc2ccccc2O1. The standard InChI is InChI=1S/C7H6NO2/c9-7-8-5-3-1-2-4-6(5)10-7/h1-4,7-8H. The van der Waals surface area contributed by atoms with Crippen molar-refractivity contribution in [2.24, 2.45) is 0 Å². The van der Waals surface area contributed by atoms with Crippen molar-refractivity contribution in [1.82, 2.24) is 0 Å². The van der Waals surface area contributed by atoms with Crippen LogP contribution in [0.2, 0.25) is 0 Å². The highest BCUT2D eigenvalue weighted by atomic mass is 16.6. The largest absolute Gasteiger partial charge is 0.442 e. The smallest absolute Gasteiger partial charge is 0.310 e. The number of hydrogen-bond acceptors (Lipinski definition) is 2. The molecule has 1 unspecified atom stereocenters. The zero-order valence-electron chi connectivity index (χ0n) is 5.20. The average Bonchev–Trinajstić information content (AvgIpc) is 2.27. The number of ether oxygens (including phenoxy) is 1. The number of para-hydroxylation sites is 2. The Hall–Kier alpha value is -1.22. The van der Waals surface area contributed by atoms with Crippen molar-refractivity contribution in [3.63, 3.8) is 0 Å². The van der Waals surface area contributed by atoms with E-state index in [0.29, 0.717) is 5.75 Å². The van der Waals surface area contributed by atoms with E-state index in [1.54, 1.807) is 6.07 Å². The molecule has 1 aliphatic rings. The molecule has 0 spiro atoms. The summed E-state index contributed by atoms with van der Waals surface area (Å²) in [6, 6.07) is 7.26. The number of benzene rings is 1. The molecule has 0 aliphatic carbocycles. The zero-order chi connectivity index (χ0) is 6.97. The van der Waals surface area contributed by atoms with Gasteiger partial charge in [0.1, 0.15) is 5.75 Å². The van der Waals surface area contributed by atoms with E-state index in [4.69, 9.17) is 4.74 Å². The van der Waals surface area contributed by atoms with Gasteiger partial charge in [0.25, 0.3) is 0 Å². The number of rotatable bonds is 0. The summed E-state index contributed by atoms with van der Waals surface area (Å²) in [4.78, 5) is 0. The van der Waals surface area contributed by atoms with Gasteiger partial charge in [0.15, 0.2) is 0 Å². The van der Waals surface area contributed by atoms with Crippen LogP contribution in [0.1, 0.15) is 0 Å². The van der Waals surface area contributed by atoms with Crippen LogP contribution < -0.4 is 10.1 Å². The molecule has 1 radical (unpaired) electrons. The molecule has 3 nitrogen and oxygen atoms in total. The van der Waals surface area contributed by atoms with Crippen molar-refractivity contribution in [3.05, 3.63) is 24.3 Å². The maximum atomic E-state index is 10.6. The van der Waals surface area contributed by atoms with Crippen LogP contribution in [0.4, 0.5) is 5.69 Å². The minimum Gasteiger partial charge on any atom is -0.442 e. The van der Waals surface area contributed by atoms with Crippen molar-refractivity contribution in [2.75, 3.05) is 5.32 Å². The minimum absolute atomic E-state index is 0.641. The van der Waals surface area contributed by atoms with Crippen LogP contribution in [-0.4, -0.2) is 6.41 Å². The van der Waals surface area contributed by atoms with Crippen LogP contribution in [-0.2, 0) is 5.11 Å². The molecule has 1 heterocycles. The quantitative estimate of drug-likeness (QED) is 0.582. The van der Waals surface area contributed by atoms with Crippen LogP contribution in [0.5, 0.6) is 5.75 Å². The Labute approximate surface area is 58.2 Å². The molecule has 51 valence electrons. The molecule has 0 bridgehead atoms. The van der Waals surface area contributed by atoms with Crippen LogP contribution in [0.15, 0.2) is 24.3 Å². The lowest BCUT2D eigenvalue weighted by Gasteiger charge is -1.96. The first-order chi connectivity index (χ1) is 4.86. The van der Waals surface area contributed by atoms with Gasteiger partial charge in [0.2, 0.25) is 0 Å². The second kappa shape index (κ2) is 1.88. The first-order valence-electron chi connectivity index (χ1n) is 3.04. The predicted octanol–water partition coefficient (Wildman–Crippen LogP) is 1.20. The van der Waals surface area contributed by atoms with Crippen LogP contribution >= 0.6 is 0 Å². The molecule has 0 aromatic heterocycles. The van der Waals surface area contributed by atoms with Crippen LogP contribution in [0.3, 0.4) is 0 Å². The molecular weight excluding hydrogens is 130 g/mol. The maximum Gasteiger partial charge on any atom is 0.310 e. The third-order valence-electron chi connectivity index (χ3n) is 1.39. The molecule has 3 heteroatoms. The Kier molecular flexibility index (Phi) is 1.05. The lowest BCUT2D eigenvalue weighted by molar-refractivity contribution is -0.0364. The number of hydrogen-bond donors (Lipinski definition) is 1. The van der Waals surface area contributed by atoms with Crippen LogP contribution in [0.25, 0.3) is 0 Å². The van der Waals surface area contributed by atoms with Crippen molar-refractivity contribution in [3.8, 4) is 5.75 Å². The highest BCUT2D eigenvalue weighted by molar-refractivity contribution is 5.58. The lowest BCUT2D eigenvalue weighted by atomic mass is 10.3. The highest BCUT2D eigenvalue weighted by Gasteiger charge is 2.18. The summed E-state index contributed by atoms with van der Waals surface area (Å²) >= 11 is 0. The van der Waals surface area contributed by atoms with Gasteiger partial charge < -0.3 is 10.1 Å². The maximum absolute atomic E-state index is 10.6. The van der Waals surface area contributed by atoms with Crippen molar-refractivity contribution in [2.45, 2.75) is 6.41 Å². The van der Waals surface area contributed by atoms with E-state index in [2.05, 4.69) is 5.32 Å². The Morgan fingerprint density at radius 2 is 2.20 bits per heavy atom. The molecule has 0 saturated carbocycles. The van der Waals surface area contributed by atoms with Crippen LogP contribution in [0, 0.1) is 0 Å². The molecule has 0 fully saturated rings. The monoisotopic (exact) mass is 136 g/mol. The average molecular weight is 136 g/mol. The molecule has 1 aromatic rings. The topological polar surface area (TPSA) is 41.2 Å². The second-order valence-electron chi connectivity index (χ2n) is 2.09. The van der Waals surface area contributed by atoms with E-state index in [1.807, 2.05) is 18.2 Å². The molecule has 1 N–H and O–H groups in total. The van der Waals surface area contributed by atoms with Gasteiger partial charge in [0, 0.05) is 0 Å². The Balaban J connectivity index is 2.42. The summed E-state index contributed by atoms with van der Waals surface area (Å²) in [5, 5.41) is 13.3. The number of fused-ring (bicyclic) bond motifs is 1. The fourth-order valence-electron chi connectivity index (χ4n) is 0.960.